The van der Waals surface area contributed by atoms with Gasteiger partial charge in [-0.25, -0.2) is 4.39 Å². The zero-order valence-corrected chi connectivity index (χ0v) is 10.1. The van der Waals surface area contributed by atoms with E-state index in [0.29, 0.717) is 10.6 Å². The van der Waals surface area contributed by atoms with E-state index in [1.165, 1.54) is 0 Å². The molecule has 1 aromatic rings. The average molecular weight is 230 g/mol. The summed E-state index contributed by atoms with van der Waals surface area (Å²) < 4.78 is 14.7. The molecule has 0 saturated heterocycles. The number of halogens is 2. The Bertz CT molecular complexity index is 328. The lowest BCUT2D eigenvalue weighted by molar-refractivity contribution is 0.0343. The molecule has 0 amide bonds. The van der Waals surface area contributed by atoms with Crippen LogP contribution in [0.25, 0.3) is 0 Å². The van der Waals surface area contributed by atoms with Crippen molar-refractivity contribution in [2.75, 3.05) is 6.54 Å². The minimum atomic E-state index is -1.52. The number of hydrogen-bond acceptors (Lipinski definition) is 1. The third-order valence-corrected chi connectivity index (χ3v) is 3.02. The van der Waals surface area contributed by atoms with E-state index in [2.05, 4.69) is 0 Å². The Morgan fingerprint density at radius 2 is 1.67 bits per heavy atom. The highest BCUT2D eigenvalue weighted by Crippen LogP contribution is 2.42. The lowest BCUT2D eigenvalue weighted by atomic mass is 9.74. The molecule has 3 heteroatoms. The molecular formula is C12H17ClFN. The van der Waals surface area contributed by atoms with Gasteiger partial charge < -0.3 is 5.73 Å². The van der Waals surface area contributed by atoms with Crippen LogP contribution < -0.4 is 5.73 Å². The third kappa shape index (κ3) is 2.32. The number of benzene rings is 1. The number of alkyl halides is 1. The van der Waals surface area contributed by atoms with Crippen LogP contribution in [0.3, 0.4) is 0 Å². The van der Waals surface area contributed by atoms with Crippen LogP contribution in [0.2, 0.25) is 5.02 Å². The number of hydrogen-bond donors (Lipinski definition) is 1. The first kappa shape index (κ1) is 12.5. The summed E-state index contributed by atoms with van der Waals surface area (Å²) in [5.41, 5.74) is 4.09. The second-order valence-electron chi connectivity index (χ2n) is 4.76. The molecule has 1 nitrogen and oxygen atoms in total. The highest BCUT2D eigenvalue weighted by Gasteiger charge is 2.42. The summed E-state index contributed by atoms with van der Waals surface area (Å²) >= 11 is 5.77. The smallest absolute Gasteiger partial charge is 0.152 e. The zero-order valence-electron chi connectivity index (χ0n) is 9.35. The predicted molar refractivity (Wildman–Crippen MR) is 62.7 cm³/mol. The van der Waals surface area contributed by atoms with Crippen molar-refractivity contribution in [1.29, 1.82) is 0 Å². The van der Waals surface area contributed by atoms with E-state index in [0.717, 1.165) is 0 Å². The van der Waals surface area contributed by atoms with Crippen molar-refractivity contribution < 1.29 is 4.39 Å². The fourth-order valence-electron chi connectivity index (χ4n) is 1.57. The monoisotopic (exact) mass is 229 g/mol. The first-order valence-electron chi connectivity index (χ1n) is 4.96. The summed E-state index contributed by atoms with van der Waals surface area (Å²) in [7, 11) is 0. The van der Waals surface area contributed by atoms with Gasteiger partial charge in [-0.05, 0) is 17.7 Å². The van der Waals surface area contributed by atoms with E-state index in [9.17, 15) is 4.39 Å². The average Bonchev–Trinajstić information content (AvgIpc) is 2.16. The van der Waals surface area contributed by atoms with Crippen LogP contribution in [0.15, 0.2) is 24.3 Å². The Morgan fingerprint density at radius 1 is 1.20 bits per heavy atom. The van der Waals surface area contributed by atoms with Crippen LogP contribution in [0, 0.1) is 5.41 Å². The number of rotatable bonds is 2. The first-order valence-corrected chi connectivity index (χ1v) is 5.34. The van der Waals surface area contributed by atoms with Crippen LogP contribution in [0.5, 0.6) is 0 Å². The van der Waals surface area contributed by atoms with E-state index in [1.54, 1.807) is 24.3 Å². The van der Waals surface area contributed by atoms with Gasteiger partial charge in [0.05, 0.1) is 0 Å². The summed E-state index contributed by atoms with van der Waals surface area (Å²) in [6.07, 6.45) is 0. The van der Waals surface area contributed by atoms with Crippen molar-refractivity contribution in [3.8, 4) is 0 Å². The second-order valence-corrected chi connectivity index (χ2v) is 5.20. The maximum Gasteiger partial charge on any atom is 0.152 e. The molecule has 0 heterocycles. The van der Waals surface area contributed by atoms with E-state index in [1.807, 2.05) is 20.8 Å². The van der Waals surface area contributed by atoms with Gasteiger partial charge in [0.25, 0.3) is 0 Å². The minimum Gasteiger partial charge on any atom is -0.327 e. The highest BCUT2D eigenvalue weighted by molar-refractivity contribution is 6.30. The molecule has 0 aromatic heterocycles. The Hall–Kier alpha value is -0.600. The van der Waals surface area contributed by atoms with Crippen LogP contribution in [0.4, 0.5) is 4.39 Å². The van der Waals surface area contributed by atoms with Crippen LogP contribution >= 0.6 is 11.6 Å². The number of nitrogens with two attached hydrogens (primary N) is 1. The van der Waals surface area contributed by atoms with Crippen LogP contribution in [0.1, 0.15) is 26.3 Å². The van der Waals surface area contributed by atoms with Crippen molar-refractivity contribution in [1.82, 2.24) is 0 Å². The topological polar surface area (TPSA) is 26.0 Å². The summed E-state index contributed by atoms with van der Waals surface area (Å²) in [4.78, 5) is 0. The van der Waals surface area contributed by atoms with Gasteiger partial charge in [0.2, 0.25) is 0 Å². The Balaban J connectivity index is 3.18. The first-order chi connectivity index (χ1) is 6.81. The molecule has 84 valence electrons. The molecule has 2 N–H and O–H groups in total. The summed E-state index contributed by atoms with van der Waals surface area (Å²) in [5, 5.41) is 0.604. The molecule has 0 aliphatic rings. The van der Waals surface area contributed by atoms with Crippen LogP contribution in [-0.4, -0.2) is 6.54 Å². The van der Waals surface area contributed by atoms with Gasteiger partial charge in [-0.1, -0.05) is 44.5 Å². The minimum absolute atomic E-state index is 0.0296. The highest BCUT2D eigenvalue weighted by atomic mass is 35.5. The fourth-order valence-corrected chi connectivity index (χ4v) is 1.70. The molecule has 1 atom stereocenters. The van der Waals surface area contributed by atoms with E-state index >= 15 is 0 Å². The Kier molecular flexibility index (Phi) is 3.41. The Labute approximate surface area is 95.4 Å². The molecule has 0 spiro atoms. The maximum absolute atomic E-state index is 14.7. The summed E-state index contributed by atoms with van der Waals surface area (Å²) in [6, 6.07) is 6.76. The third-order valence-electron chi connectivity index (χ3n) is 2.77. The van der Waals surface area contributed by atoms with Crippen LogP contribution in [-0.2, 0) is 5.67 Å². The summed E-state index contributed by atoms with van der Waals surface area (Å²) in [5.74, 6) is 0. The molecule has 1 unspecified atom stereocenters. The molecular weight excluding hydrogens is 213 g/mol. The van der Waals surface area contributed by atoms with Crippen molar-refractivity contribution in [2.45, 2.75) is 26.4 Å². The van der Waals surface area contributed by atoms with Gasteiger partial charge in [0.1, 0.15) is 0 Å². The van der Waals surface area contributed by atoms with Gasteiger partial charge in [-0.2, -0.15) is 0 Å². The van der Waals surface area contributed by atoms with Gasteiger partial charge in [0, 0.05) is 17.0 Å². The maximum atomic E-state index is 14.7. The molecule has 0 bridgehead atoms. The SMILES string of the molecule is CC(C)(C)C(F)(CN)c1ccc(Cl)cc1. The predicted octanol–water partition coefficient (Wildman–Crippen LogP) is 3.51. The molecule has 1 rings (SSSR count). The van der Waals surface area contributed by atoms with Gasteiger partial charge in [0.15, 0.2) is 5.67 Å². The van der Waals surface area contributed by atoms with Gasteiger partial charge in [-0.3, -0.25) is 0 Å². The molecule has 0 fully saturated rings. The van der Waals surface area contributed by atoms with E-state index in [-0.39, 0.29) is 6.54 Å². The lowest BCUT2D eigenvalue weighted by Gasteiger charge is -2.37. The standard InChI is InChI=1S/C12H17ClFN/c1-11(2,3)12(14,8-15)9-4-6-10(13)7-5-9/h4-7H,8,15H2,1-3H3. The van der Waals surface area contributed by atoms with Crippen molar-refractivity contribution in [3.63, 3.8) is 0 Å². The van der Waals surface area contributed by atoms with Crippen molar-refractivity contribution in [2.24, 2.45) is 11.1 Å². The van der Waals surface area contributed by atoms with Crippen molar-refractivity contribution >= 4 is 11.6 Å². The molecule has 1 aromatic carbocycles. The van der Waals surface area contributed by atoms with E-state index in [4.69, 9.17) is 17.3 Å². The fraction of sp³-hybridized carbons (Fsp3) is 0.500. The normalized spacial score (nSPS) is 16.1. The summed E-state index contributed by atoms with van der Waals surface area (Å²) in [6.45, 7) is 5.50. The molecule has 0 radical (unpaired) electrons. The zero-order chi connectivity index (χ0) is 11.7. The van der Waals surface area contributed by atoms with Crippen molar-refractivity contribution in [3.05, 3.63) is 34.9 Å². The molecule has 0 saturated carbocycles. The van der Waals surface area contributed by atoms with Gasteiger partial charge >= 0.3 is 0 Å². The van der Waals surface area contributed by atoms with E-state index < -0.39 is 11.1 Å². The molecule has 0 aliphatic heterocycles. The quantitative estimate of drug-likeness (QED) is 0.825. The lowest BCUT2D eigenvalue weighted by Crippen LogP contribution is -2.42. The molecule has 15 heavy (non-hydrogen) atoms. The van der Waals surface area contributed by atoms with Gasteiger partial charge in [-0.15, -0.1) is 0 Å². The second kappa shape index (κ2) is 4.11. The largest absolute Gasteiger partial charge is 0.327 e. The molecule has 0 aliphatic carbocycles. The Morgan fingerprint density at radius 3 is 2.00 bits per heavy atom.